The summed E-state index contributed by atoms with van der Waals surface area (Å²) in [4.78, 5) is 29.8. The SMILES string of the molecule is COc1cccc([C@H]2CN(C(=O)CC(C)C)C[C@@H]2C(=O)N(C)Cc2ccccc2)c1. The first-order chi connectivity index (χ1) is 14.4. The van der Waals surface area contributed by atoms with Crippen LogP contribution in [0.5, 0.6) is 5.75 Å². The third-order valence-corrected chi connectivity index (χ3v) is 5.73. The summed E-state index contributed by atoms with van der Waals surface area (Å²) in [6.07, 6.45) is 0.506. The van der Waals surface area contributed by atoms with E-state index in [2.05, 4.69) is 0 Å². The molecule has 2 aromatic rings. The molecular weight excluding hydrogens is 376 g/mol. The van der Waals surface area contributed by atoms with Gasteiger partial charge in [-0.1, -0.05) is 56.3 Å². The van der Waals surface area contributed by atoms with Gasteiger partial charge in [-0.3, -0.25) is 9.59 Å². The Labute approximate surface area is 179 Å². The Morgan fingerprint density at radius 2 is 1.83 bits per heavy atom. The van der Waals surface area contributed by atoms with Crippen molar-refractivity contribution in [1.82, 2.24) is 9.80 Å². The number of rotatable bonds is 7. The first-order valence-electron chi connectivity index (χ1n) is 10.6. The zero-order valence-electron chi connectivity index (χ0n) is 18.4. The quantitative estimate of drug-likeness (QED) is 0.697. The van der Waals surface area contributed by atoms with E-state index in [9.17, 15) is 9.59 Å². The maximum atomic E-state index is 13.4. The van der Waals surface area contributed by atoms with Crippen LogP contribution in [-0.2, 0) is 16.1 Å². The van der Waals surface area contributed by atoms with Crippen molar-refractivity contribution < 1.29 is 14.3 Å². The molecule has 0 aromatic heterocycles. The van der Waals surface area contributed by atoms with Gasteiger partial charge < -0.3 is 14.5 Å². The number of methoxy groups -OCH3 is 1. The van der Waals surface area contributed by atoms with E-state index < -0.39 is 0 Å². The van der Waals surface area contributed by atoms with Gasteiger partial charge in [-0.2, -0.15) is 0 Å². The minimum absolute atomic E-state index is 0.0399. The molecule has 5 nitrogen and oxygen atoms in total. The van der Waals surface area contributed by atoms with Gasteiger partial charge >= 0.3 is 0 Å². The predicted octanol–water partition coefficient (Wildman–Crippen LogP) is 3.94. The average molecular weight is 409 g/mol. The van der Waals surface area contributed by atoms with Crippen LogP contribution in [0.3, 0.4) is 0 Å². The van der Waals surface area contributed by atoms with E-state index in [1.807, 2.05) is 80.4 Å². The Kier molecular flexibility index (Phi) is 7.14. The molecule has 0 unspecified atom stereocenters. The number of likely N-dealkylation sites (tertiary alicyclic amines) is 1. The maximum absolute atomic E-state index is 13.4. The fourth-order valence-electron chi connectivity index (χ4n) is 4.16. The molecule has 0 radical (unpaired) electrons. The Morgan fingerprint density at radius 1 is 1.10 bits per heavy atom. The number of nitrogens with zero attached hydrogens (tertiary/aromatic N) is 2. The summed E-state index contributed by atoms with van der Waals surface area (Å²) >= 11 is 0. The molecule has 0 spiro atoms. The second-order valence-corrected chi connectivity index (χ2v) is 8.57. The smallest absolute Gasteiger partial charge is 0.228 e. The van der Waals surface area contributed by atoms with Crippen LogP contribution in [-0.4, -0.2) is 48.9 Å². The molecule has 2 atom stereocenters. The number of hydrogen-bond donors (Lipinski definition) is 0. The summed E-state index contributed by atoms with van der Waals surface area (Å²) in [5, 5.41) is 0. The molecular formula is C25H32N2O3. The van der Waals surface area contributed by atoms with Crippen LogP contribution in [0.15, 0.2) is 54.6 Å². The van der Waals surface area contributed by atoms with Crippen LogP contribution in [0.25, 0.3) is 0 Å². The summed E-state index contributed by atoms with van der Waals surface area (Å²) in [5.41, 5.74) is 2.14. The number of benzene rings is 2. The van der Waals surface area contributed by atoms with E-state index in [1.165, 1.54) is 0 Å². The first kappa shape index (κ1) is 21.9. The number of ether oxygens (including phenoxy) is 1. The molecule has 160 valence electrons. The van der Waals surface area contributed by atoms with Gasteiger partial charge in [0.2, 0.25) is 11.8 Å². The third kappa shape index (κ3) is 5.21. The van der Waals surface area contributed by atoms with Crippen LogP contribution >= 0.6 is 0 Å². The van der Waals surface area contributed by atoms with Crippen molar-refractivity contribution >= 4 is 11.8 Å². The topological polar surface area (TPSA) is 49.9 Å². The van der Waals surface area contributed by atoms with E-state index in [0.717, 1.165) is 16.9 Å². The Bertz CT molecular complexity index is 866. The second-order valence-electron chi connectivity index (χ2n) is 8.57. The molecule has 30 heavy (non-hydrogen) atoms. The molecule has 0 saturated carbocycles. The molecule has 5 heteroatoms. The highest BCUT2D eigenvalue weighted by Crippen LogP contribution is 2.36. The molecule has 0 bridgehead atoms. The van der Waals surface area contributed by atoms with Crippen molar-refractivity contribution in [1.29, 1.82) is 0 Å². The summed E-state index contributed by atoms with van der Waals surface area (Å²) in [7, 11) is 3.49. The van der Waals surface area contributed by atoms with Crippen LogP contribution < -0.4 is 4.74 Å². The van der Waals surface area contributed by atoms with Gasteiger partial charge in [0.15, 0.2) is 0 Å². The summed E-state index contributed by atoms with van der Waals surface area (Å²) in [6, 6.07) is 17.8. The lowest BCUT2D eigenvalue weighted by atomic mass is 9.88. The molecule has 1 fully saturated rings. The van der Waals surface area contributed by atoms with E-state index >= 15 is 0 Å². The lowest BCUT2D eigenvalue weighted by Gasteiger charge is -2.25. The molecule has 1 aliphatic heterocycles. The zero-order valence-corrected chi connectivity index (χ0v) is 18.4. The van der Waals surface area contributed by atoms with Gasteiger partial charge in [0, 0.05) is 39.0 Å². The summed E-state index contributed by atoms with van der Waals surface area (Å²) in [6.45, 7) is 5.67. The number of carbonyl (C=O) groups is 2. The minimum Gasteiger partial charge on any atom is -0.497 e. The maximum Gasteiger partial charge on any atom is 0.228 e. The highest BCUT2D eigenvalue weighted by molar-refractivity contribution is 5.83. The zero-order chi connectivity index (χ0) is 21.7. The highest BCUT2D eigenvalue weighted by Gasteiger charge is 2.41. The fraction of sp³-hybridized carbons (Fsp3) is 0.440. The highest BCUT2D eigenvalue weighted by atomic mass is 16.5. The summed E-state index contributed by atoms with van der Waals surface area (Å²) in [5.74, 6) is 0.959. The Balaban J connectivity index is 1.83. The van der Waals surface area contributed by atoms with Crippen LogP contribution in [0, 0.1) is 11.8 Å². The van der Waals surface area contributed by atoms with Crippen molar-refractivity contribution in [2.24, 2.45) is 11.8 Å². The van der Waals surface area contributed by atoms with Crippen LogP contribution in [0.4, 0.5) is 0 Å². The molecule has 1 saturated heterocycles. The third-order valence-electron chi connectivity index (χ3n) is 5.73. The number of carbonyl (C=O) groups excluding carboxylic acids is 2. The van der Waals surface area contributed by atoms with Gasteiger partial charge in [0.1, 0.15) is 5.75 Å². The molecule has 3 rings (SSSR count). The molecule has 1 aliphatic rings. The molecule has 2 amide bonds. The van der Waals surface area contributed by atoms with Crippen molar-refractivity contribution in [3.05, 3.63) is 65.7 Å². The summed E-state index contributed by atoms with van der Waals surface area (Å²) < 4.78 is 5.39. The lowest BCUT2D eigenvalue weighted by molar-refractivity contribution is -0.135. The monoisotopic (exact) mass is 408 g/mol. The van der Waals surface area contributed by atoms with E-state index in [4.69, 9.17) is 4.74 Å². The van der Waals surface area contributed by atoms with Crippen molar-refractivity contribution in [2.75, 3.05) is 27.2 Å². The predicted molar refractivity (Wildman–Crippen MR) is 118 cm³/mol. The largest absolute Gasteiger partial charge is 0.497 e. The van der Waals surface area contributed by atoms with Crippen molar-refractivity contribution in [3.8, 4) is 5.75 Å². The molecule has 0 N–H and O–H groups in total. The van der Waals surface area contributed by atoms with Crippen LogP contribution in [0.2, 0.25) is 0 Å². The van der Waals surface area contributed by atoms with E-state index in [1.54, 1.807) is 12.0 Å². The Morgan fingerprint density at radius 3 is 2.50 bits per heavy atom. The number of amides is 2. The van der Waals surface area contributed by atoms with Gasteiger partial charge in [0.05, 0.1) is 13.0 Å². The minimum atomic E-state index is -0.262. The van der Waals surface area contributed by atoms with Gasteiger partial charge in [-0.25, -0.2) is 0 Å². The number of hydrogen-bond acceptors (Lipinski definition) is 3. The normalized spacial score (nSPS) is 18.5. The van der Waals surface area contributed by atoms with Crippen LogP contribution in [0.1, 0.15) is 37.3 Å². The Hall–Kier alpha value is -2.82. The van der Waals surface area contributed by atoms with Gasteiger partial charge in [-0.05, 0) is 29.2 Å². The standard InChI is InChI=1S/C25H32N2O3/c1-18(2)13-24(28)27-16-22(20-11-8-12-21(14-20)30-4)23(17-27)25(29)26(3)15-19-9-6-5-7-10-19/h5-12,14,18,22-23H,13,15-17H2,1-4H3/t22-,23+/m1/s1. The first-order valence-corrected chi connectivity index (χ1v) is 10.6. The van der Waals surface area contributed by atoms with Crippen molar-refractivity contribution in [2.45, 2.75) is 32.7 Å². The lowest BCUT2D eigenvalue weighted by Crippen LogP contribution is -2.36. The molecule has 2 aromatic carbocycles. The second kappa shape index (κ2) is 9.79. The van der Waals surface area contributed by atoms with Gasteiger partial charge in [-0.15, -0.1) is 0 Å². The molecule has 0 aliphatic carbocycles. The van der Waals surface area contributed by atoms with Crippen molar-refractivity contribution in [3.63, 3.8) is 0 Å². The fourth-order valence-corrected chi connectivity index (χ4v) is 4.16. The average Bonchev–Trinajstić information content (AvgIpc) is 3.19. The van der Waals surface area contributed by atoms with E-state index in [0.29, 0.717) is 32.0 Å². The molecule has 1 heterocycles. The van der Waals surface area contributed by atoms with Gasteiger partial charge in [0.25, 0.3) is 0 Å². The van der Waals surface area contributed by atoms with E-state index in [-0.39, 0.29) is 23.7 Å².